The lowest BCUT2D eigenvalue weighted by atomic mass is 9.99. The summed E-state index contributed by atoms with van der Waals surface area (Å²) in [4.78, 5) is 34.2. The molecule has 0 aliphatic heterocycles. The summed E-state index contributed by atoms with van der Waals surface area (Å²) < 4.78 is 9.92. The summed E-state index contributed by atoms with van der Waals surface area (Å²) in [7, 11) is 1.25. The van der Waals surface area contributed by atoms with Gasteiger partial charge < -0.3 is 14.8 Å². The number of carbonyl (C=O) groups excluding carboxylic acids is 2. The molecule has 0 aromatic heterocycles. The molecule has 8 nitrogen and oxygen atoms in total. The topological polar surface area (TPSA) is 108 Å². The van der Waals surface area contributed by atoms with Gasteiger partial charge in [0.2, 0.25) is 0 Å². The fraction of sp³-hybridized carbons (Fsp3) is 0.500. The van der Waals surface area contributed by atoms with Gasteiger partial charge in [-0.1, -0.05) is 26.3 Å². The van der Waals surface area contributed by atoms with Gasteiger partial charge in [-0.05, 0) is 24.5 Å². The predicted molar refractivity (Wildman–Crippen MR) is 86.7 cm³/mol. The minimum Gasteiger partial charge on any atom is -0.477 e. The number of hydrogen-bond acceptors (Lipinski definition) is 6. The zero-order valence-electron chi connectivity index (χ0n) is 14.2. The molecule has 0 heterocycles. The molecule has 132 valence electrons. The number of methoxy groups -OCH3 is 1. The summed E-state index contributed by atoms with van der Waals surface area (Å²) in [5.41, 5.74) is 0.496. The Kier molecular flexibility index (Phi) is 7.16. The van der Waals surface area contributed by atoms with Crippen molar-refractivity contribution in [1.29, 1.82) is 0 Å². The third kappa shape index (κ3) is 5.22. The number of nitro groups is 1. The number of aryl methyl sites for hydroxylation is 1. The van der Waals surface area contributed by atoms with E-state index in [4.69, 9.17) is 4.74 Å². The maximum Gasteiger partial charge on any atom is 0.328 e. The fourth-order valence-electron chi connectivity index (χ4n) is 2.05. The van der Waals surface area contributed by atoms with E-state index >= 15 is 0 Å². The van der Waals surface area contributed by atoms with Crippen LogP contribution in [-0.4, -0.2) is 36.6 Å². The molecule has 0 bridgehead atoms. The van der Waals surface area contributed by atoms with Crippen molar-refractivity contribution in [2.75, 3.05) is 13.7 Å². The Morgan fingerprint density at radius 1 is 1.38 bits per heavy atom. The van der Waals surface area contributed by atoms with Gasteiger partial charge >= 0.3 is 11.7 Å². The van der Waals surface area contributed by atoms with Gasteiger partial charge in [0.1, 0.15) is 6.04 Å². The first-order valence-electron chi connectivity index (χ1n) is 7.55. The van der Waals surface area contributed by atoms with Crippen LogP contribution in [-0.2, 0) is 14.3 Å². The highest BCUT2D eigenvalue weighted by Crippen LogP contribution is 2.27. The molecule has 24 heavy (non-hydrogen) atoms. The van der Waals surface area contributed by atoms with E-state index in [9.17, 15) is 19.7 Å². The van der Waals surface area contributed by atoms with Crippen molar-refractivity contribution in [1.82, 2.24) is 5.32 Å². The summed E-state index contributed by atoms with van der Waals surface area (Å²) >= 11 is 0. The van der Waals surface area contributed by atoms with E-state index in [2.05, 4.69) is 10.1 Å². The van der Waals surface area contributed by atoms with E-state index < -0.39 is 29.4 Å². The predicted octanol–water partition coefficient (Wildman–Crippen LogP) is 1.99. The zero-order chi connectivity index (χ0) is 18.3. The lowest BCUT2D eigenvalue weighted by molar-refractivity contribution is -0.385. The smallest absolute Gasteiger partial charge is 0.328 e. The number of carbonyl (C=O) groups is 2. The Hall–Kier alpha value is -2.64. The number of nitro benzene ring substituents is 1. The Balaban J connectivity index is 2.75. The maximum atomic E-state index is 12.0. The third-order valence-electron chi connectivity index (χ3n) is 3.65. The normalized spacial score (nSPS) is 12.8. The van der Waals surface area contributed by atoms with Crippen LogP contribution >= 0.6 is 0 Å². The van der Waals surface area contributed by atoms with Crippen molar-refractivity contribution < 1.29 is 24.0 Å². The number of ether oxygens (including phenoxy) is 2. The summed E-state index contributed by atoms with van der Waals surface area (Å²) in [5, 5.41) is 13.6. The van der Waals surface area contributed by atoms with E-state index in [1.54, 1.807) is 13.0 Å². The van der Waals surface area contributed by atoms with Crippen molar-refractivity contribution in [2.24, 2.45) is 5.92 Å². The molecule has 2 unspecified atom stereocenters. The molecule has 8 heteroatoms. The molecule has 1 amide bonds. The standard InChI is InChI=1S/C16H22N2O6/c1-5-11(3)15(16(20)23-4)17-14(19)9-24-13-7-6-10(2)8-12(13)18(21)22/h6-8,11,15H,5,9H2,1-4H3,(H,17,19). The van der Waals surface area contributed by atoms with Gasteiger partial charge in [-0.25, -0.2) is 4.79 Å². The average Bonchev–Trinajstić information content (AvgIpc) is 2.56. The Bertz CT molecular complexity index is 617. The van der Waals surface area contributed by atoms with Crippen molar-refractivity contribution in [2.45, 2.75) is 33.2 Å². The lowest BCUT2D eigenvalue weighted by Gasteiger charge is -2.21. The van der Waals surface area contributed by atoms with Gasteiger partial charge in [0.25, 0.3) is 5.91 Å². The lowest BCUT2D eigenvalue weighted by Crippen LogP contribution is -2.47. The van der Waals surface area contributed by atoms with Crippen LogP contribution in [0.15, 0.2) is 18.2 Å². The van der Waals surface area contributed by atoms with Crippen molar-refractivity contribution >= 4 is 17.6 Å². The van der Waals surface area contributed by atoms with Crippen LogP contribution in [0.3, 0.4) is 0 Å². The molecule has 0 fully saturated rings. The Labute approximate surface area is 140 Å². The minimum atomic E-state index is -0.788. The second kappa shape index (κ2) is 8.85. The van der Waals surface area contributed by atoms with Crippen LogP contribution in [0.5, 0.6) is 5.75 Å². The molecule has 2 atom stereocenters. The van der Waals surface area contributed by atoms with Crippen LogP contribution in [0.2, 0.25) is 0 Å². The Morgan fingerprint density at radius 2 is 2.04 bits per heavy atom. The van der Waals surface area contributed by atoms with E-state index in [1.165, 1.54) is 19.2 Å². The van der Waals surface area contributed by atoms with E-state index in [0.29, 0.717) is 12.0 Å². The molecule has 0 spiro atoms. The molecule has 1 aromatic carbocycles. The summed E-state index contributed by atoms with van der Waals surface area (Å²) in [6.07, 6.45) is 0.671. The monoisotopic (exact) mass is 338 g/mol. The first-order chi connectivity index (χ1) is 11.3. The number of amides is 1. The number of nitrogens with one attached hydrogen (secondary N) is 1. The summed E-state index contributed by atoms with van der Waals surface area (Å²) in [6.45, 7) is 4.98. The van der Waals surface area contributed by atoms with E-state index in [-0.39, 0.29) is 17.4 Å². The van der Waals surface area contributed by atoms with E-state index in [0.717, 1.165) is 0 Å². The van der Waals surface area contributed by atoms with Gasteiger partial charge in [0.15, 0.2) is 12.4 Å². The molecular weight excluding hydrogens is 316 g/mol. The largest absolute Gasteiger partial charge is 0.477 e. The maximum absolute atomic E-state index is 12.0. The van der Waals surface area contributed by atoms with Gasteiger partial charge in [-0.15, -0.1) is 0 Å². The number of esters is 1. The molecule has 1 rings (SSSR count). The van der Waals surface area contributed by atoms with Crippen LogP contribution in [0.1, 0.15) is 25.8 Å². The number of nitrogens with zero attached hydrogens (tertiary/aromatic N) is 1. The quantitative estimate of drug-likeness (QED) is 0.441. The van der Waals surface area contributed by atoms with E-state index in [1.807, 2.05) is 13.8 Å². The van der Waals surface area contributed by atoms with Crippen LogP contribution < -0.4 is 10.1 Å². The molecular formula is C16H22N2O6. The van der Waals surface area contributed by atoms with Gasteiger partial charge in [0.05, 0.1) is 12.0 Å². The molecule has 0 saturated carbocycles. The average molecular weight is 338 g/mol. The first kappa shape index (κ1) is 19.4. The highest BCUT2D eigenvalue weighted by molar-refractivity contribution is 5.85. The second-order valence-electron chi connectivity index (χ2n) is 5.47. The number of benzene rings is 1. The number of rotatable bonds is 8. The fourth-order valence-corrected chi connectivity index (χ4v) is 2.05. The number of hydrogen-bond donors (Lipinski definition) is 1. The SMILES string of the molecule is CCC(C)C(NC(=O)COc1ccc(C)cc1[N+](=O)[O-])C(=O)OC. The molecule has 1 aromatic rings. The molecule has 1 N–H and O–H groups in total. The van der Waals surface area contributed by atoms with Gasteiger partial charge in [-0.3, -0.25) is 14.9 Å². The zero-order valence-corrected chi connectivity index (χ0v) is 14.2. The van der Waals surface area contributed by atoms with Crippen LogP contribution in [0.25, 0.3) is 0 Å². The highest BCUT2D eigenvalue weighted by atomic mass is 16.6. The summed E-state index contributed by atoms with van der Waals surface area (Å²) in [5.74, 6) is -1.21. The molecule has 0 aliphatic rings. The molecule has 0 aliphatic carbocycles. The Morgan fingerprint density at radius 3 is 2.58 bits per heavy atom. The third-order valence-corrected chi connectivity index (χ3v) is 3.65. The minimum absolute atomic E-state index is 0.00101. The molecule has 0 radical (unpaired) electrons. The van der Waals surface area contributed by atoms with Crippen molar-refractivity contribution in [3.05, 3.63) is 33.9 Å². The van der Waals surface area contributed by atoms with Crippen molar-refractivity contribution in [3.8, 4) is 5.75 Å². The van der Waals surface area contributed by atoms with Crippen molar-refractivity contribution in [3.63, 3.8) is 0 Å². The van der Waals surface area contributed by atoms with Gasteiger partial charge in [0, 0.05) is 6.07 Å². The van der Waals surface area contributed by atoms with Gasteiger partial charge in [-0.2, -0.15) is 0 Å². The highest BCUT2D eigenvalue weighted by Gasteiger charge is 2.27. The van der Waals surface area contributed by atoms with Crippen LogP contribution in [0, 0.1) is 23.0 Å². The molecule has 0 saturated heterocycles. The summed E-state index contributed by atoms with van der Waals surface area (Å²) in [6, 6.07) is 3.66. The first-order valence-corrected chi connectivity index (χ1v) is 7.55. The van der Waals surface area contributed by atoms with Crippen LogP contribution in [0.4, 0.5) is 5.69 Å². The second-order valence-corrected chi connectivity index (χ2v) is 5.47.